The molecule has 4 heteroatoms. The van der Waals surface area contributed by atoms with Gasteiger partial charge in [-0.05, 0) is 25.1 Å². The molecule has 1 aromatic rings. The van der Waals surface area contributed by atoms with Crippen LogP contribution in [0.15, 0.2) is 18.2 Å². The molecule has 0 heterocycles. The fraction of sp³-hybridized carbons (Fsp3) is 0.571. The molecule has 0 saturated heterocycles. The second-order valence-electron chi connectivity index (χ2n) is 4.80. The van der Waals surface area contributed by atoms with Crippen molar-refractivity contribution in [2.75, 3.05) is 13.7 Å². The maximum absolute atomic E-state index is 6.00. The number of benzene rings is 1. The van der Waals surface area contributed by atoms with E-state index in [1.54, 1.807) is 7.11 Å². The Balaban J connectivity index is 2.49. The summed E-state index contributed by atoms with van der Waals surface area (Å²) in [5.74, 6) is 0.871. The minimum atomic E-state index is 0.399. The minimum Gasteiger partial charge on any atom is -0.496 e. The Labute approximate surface area is 115 Å². The van der Waals surface area contributed by atoms with Crippen molar-refractivity contribution in [1.82, 2.24) is 10.6 Å². The molecule has 2 N–H and O–H groups in total. The first-order valence-electron chi connectivity index (χ1n) is 6.32. The lowest BCUT2D eigenvalue weighted by molar-refractivity contribution is 0.404. The van der Waals surface area contributed by atoms with Crippen molar-refractivity contribution in [3.63, 3.8) is 0 Å². The summed E-state index contributed by atoms with van der Waals surface area (Å²) >= 11 is 6.00. The normalized spacial score (nSPS) is 12.8. The predicted octanol–water partition coefficient (Wildman–Crippen LogP) is 2.82. The maximum atomic E-state index is 6.00. The van der Waals surface area contributed by atoms with Crippen LogP contribution in [0.4, 0.5) is 0 Å². The lowest BCUT2D eigenvalue weighted by Gasteiger charge is -2.17. The summed E-state index contributed by atoms with van der Waals surface area (Å²) in [6, 6.07) is 6.59. The van der Waals surface area contributed by atoms with E-state index in [1.807, 2.05) is 18.2 Å². The van der Waals surface area contributed by atoms with E-state index < -0.39 is 0 Å². The van der Waals surface area contributed by atoms with Crippen LogP contribution in [0.25, 0.3) is 0 Å². The van der Waals surface area contributed by atoms with E-state index in [-0.39, 0.29) is 0 Å². The van der Waals surface area contributed by atoms with Gasteiger partial charge in [0.15, 0.2) is 0 Å². The second kappa shape index (κ2) is 7.62. The Morgan fingerprint density at radius 2 is 1.94 bits per heavy atom. The molecule has 0 aliphatic heterocycles. The first-order chi connectivity index (χ1) is 8.52. The highest BCUT2D eigenvalue weighted by atomic mass is 35.5. The van der Waals surface area contributed by atoms with Gasteiger partial charge >= 0.3 is 0 Å². The van der Waals surface area contributed by atoms with Gasteiger partial charge in [-0.3, -0.25) is 0 Å². The third-order valence-corrected chi connectivity index (χ3v) is 2.95. The Morgan fingerprint density at radius 3 is 2.56 bits per heavy atom. The standard InChI is InChI=1S/C14H23ClN2O/c1-10(2)16-8-11(3)17-9-12-7-13(15)5-6-14(12)18-4/h5-7,10-11,16-17H,8-9H2,1-4H3. The molecular weight excluding hydrogens is 248 g/mol. The molecule has 0 spiro atoms. The van der Waals surface area contributed by atoms with Crippen LogP contribution in [-0.4, -0.2) is 25.7 Å². The lowest BCUT2D eigenvalue weighted by atomic mass is 10.2. The van der Waals surface area contributed by atoms with Gasteiger partial charge in [0.25, 0.3) is 0 Å². The minimum absolute atomic E-state index is 0.399. The van der Waals surface area contributed by atoms with E-state index in [0.29, 0.717) is 12.1 Å². The van der Waals surface area contributed by atoms with E-state index in [1.165, 1.54) is 0 Å². The van der Waals surface area contributed by atoms with Crippen LogP contribution in [-0.2, 0) is 6.54 Å². The van der Waals surface area contributed by atoms with Crippen LogP contribution in [0.3, 0.4) is 0 Å². The Morgan fingerprint density at radius 1 is 1.22 bits per heavy atom. The average Bonchev–Trinajstić information content (AvgIpc) is 2.34. The van der Waals surface area contributed by atoms with Gasteiger partial charge in [0.1, 0.15) is 5.75 Å². The predicted molar refractivity (Wildman–Crippen MR) is 77.4 cm³/mol. The van der Waals surface area contributed by atoms with Gasteiger partial charge in [0.05, 0.1) is 7.11 Å². The number of halogens is 1. The molecule has 0 amide bonds. The molecular formula is C14H23ClN2O. The molecule has 0 aliphatic rings. The molecule has 0 radical (unpaired) electrons. The third-order valence-electron chi connectivity index (χ3n) is 2.72. The van der Waals surface area contributed by atoms with Crippen LogP contribution in [0.2, 0.25) is 5.02 Å². The molecule has 1 aromatic carbocycles. The number of hydrogen-bond donors (Lipinski definition) is 2. The zero-order chi connectivity index (χ0) is 13.5. The lowest BCUT2D eigenvalue weighted by Crippen LogP contribution is -2.38. The quantitative estimate of drug-likeness (QED) is 0.799. The summed E-state index contributed by atoms with van der Waals surface area (Å²) in [6.07, 6.45) is 0. The summed E-state index contributed by atoms with van der Waals surface area (Å²) in [7, 11) is 1.68. The van der Waals surface area contributed by atoms with Crippen molar-refractivity contribution < 1.29 is 4.74 Å². The van der Waals surface area contributed by atoms with Gasteiger partial charge in [-0.25, -0.2) is 0 Å². The van der Waals surface area contributed by atoms with Crippen LogP contribution in [0.1, 0.15) is 26.3 Å². The van der Waals surface area contributed by atoms with Crippen molar-refractivity contribution in [2.45, 2.75) is 39.4 Å². The van der Waals surface area contributed by atoms with Gasteiger partial charge in [-0.15, -0.1) is 0 Å². The smallest absolute Gasteiger partial charge is 0.123 e. The van der Waals surface area contributed by atoms with Gasteiger partial charge < -0.3 is 15.4 Å². The summed E-state index contributed by atoms with van der Waals surface area (Å²) in [4.78, 5) is 0. The molecule has 3 nitrogen and oxygen atoms in total. The third kappa shape index (κ3) is 5.25. The van der Waals surface area contributed by atoms with Crippen molar-refractivity contribution in [3.05, 3.63) is 28.8 Å². The monoisotopic (exact) mass is 270 g/mol. The van der Waals surface area contributed by atoms with E-state index >= 15 is 0 Å². The van der Waals surface area contributed by atoms with Gasteiger partial charge in [-0.2, -0.15) is 0 Å². The van der Waals surface area contributed by atoms with Gasteiger partial charge in [0.2, 0.25) is 0 Å². The zero-order valence-electron chi connectivity index (χ0n) is 11.6. The highest BCUT2D eigenvalue weighted by Crippen LogP contribution is 2.22. The molecule has 0 fully saturated rings. The molecule has 0 bridgehead atoms. The summed E-state index contributed by atoms with van der Waals surface area (Å²) < 4.78 is 5.32. The summed E-state index contributed by atoms with van der Waals surface area (Å²) in [6.45, 7) is 8.15. The molecule has 1 rings (SSSR count). The van der Waals surface area contributed by atoms with E-state index in [0.717, 1.165) is 29.4 Å². The topological polar surface area (TPSA) is 33.3 Å². The van der Waals surface area contributed by atoms with Gasteiger partial charge in [0, 0.05) is 35.8 Å². The number of nitrogens with one attached hydrogen (secondary N) is 2. The van der Waals surface area contributed by atoms with Crippen LogP contribution in [0.5, 0.6) is 5.75 Å². The van der Waals surface area contributed by atoms with Crippen molar-refractivity contribution in [3.8, 4) is 5.75 Å². The SMILES string of the molecule is COc1ccc(Cl)cc1CNC(C)CNC(C)C. The largest absolute Gasteiger partial charge is 0.496 e. The second-order valence-corrected chi connectivity index (χ2v) is 5.24. The fourth-order valence-electron chi connectivity index (χ4n) is 1.65. The van der Waals surface area contributed by atoms with Crippen LogP contribution >= 0.6 is 11.6 Å². The first-order valence-corrected chi connectivity index (χ1v) is 6.70. The molecule has 0 aromatic heterocycles. The highest BCUT2D eigenvalue weighted by Gasteiger charge is 2.06. The van der Waals surface area contributed by atoms with E-state index in [2.05, 4.69) is 31.4 Å². The number of methoxy groups -OCH3 is 1. The summed E-state index contributed by atoms with van der Waals surface area (Å²) in [5, 5.41) is 7.59. The zero-order valence-corrected chi connectivity index (χ0v) is 12.3. The Kier molecular flexibility index (Phi) is 6.47. The highest BCUT2D eigenvalue weighted by molar-refractivity contribution is 6.30. The van der Waals surface area contributed by atoms with Crippen LogP contribution in [0, 0.1) is 0 Å². The maximum Gasteiger partial charge on any atom is 0.123 e. The average molecular weight is 271 g/mol. The number of rotatable bonds is 7. The van der Waals surface area contributed by atoms with Gasteiger partial charge in [-0.1, -0.05) is 25.4 Å². The van der Waals surface area contributed by atoms with Crippen molar-refractivity contribution in [1.29, 1.82) is 0 Å². The molecule has 0 saturated carbocycles. The molecule has 18 heavy (non-hydrogen) atoms. The van der Waals surface area contributed by atoms with E-state index in [4.69, 9.17) is 16.3 Å². The first kappa shape index (κ1) is 15.3. The van der Waals surface area contributed by atoms with Crippen molar-refractivity contribution in [2.24, 2.45) is 0 Å². The Bertz CT molecular complexity index is 369. The fourth-order valence-corrected chi connectivity index (χ4v) is 1.85. The number of ether oxygens (including phenoxy) is 1. The molecule has 1 atom stereocenters. The van der Waals surface area contributed by atoms with Crippen molar-refractivity contribution >= 4 is 11.6 Å². The Hall–Kier alpha value is -0.770. The van der Waals surface area contributed by atoms with Crippen LogP contribution < -0.4 is 15.4 Å². The van der Waals surface area contributed by atoms with E-state index in [9.17, 15) is 0 Å². The molecule has 102 valence electrons. The summed E-state index contributed by atoms with van der Waals surface area (Å²) in [5.41, 5.74) is 1.08. The molecule has 0 aliphatic carbocycles. The molecule has 1 unspecified atom stereocenters. The number of hydrogen-bond acceptors (Lipinski definition) is 3.